The Hall–Kier alpha value is -1.41. The number of nitrogens with one attached hydrogen (secondary N) is 1. The maximum Gasteiger partial charge on any atom is 0.249 e. The third kappa shape index (κ3) is 31.2. The molecule has 0 aromatic heterocycles. The summed E-state index contributed by atoms with van der Waals surface area (Å²) >= 11 is 0. The van der Waals surface area contributed by atoms with Crippen molar-refractivity contribution in [2.24, 2.45) is 0 Å². The van der Waals surface area contributed by atoms with Gasteiger partial charge in [0.05, 0.1) is 25.4 Å². The Balaban J connectivity index is 2.30. The van der Waals surface area contributed by atoms with E-state index in [2.05, 4.69) is 43.5 Å². The van der Waals surface area contributed by atoms with Crippen molar-refractivity contribution in [3.8, 4) is 0 Å². The van der Waals surface area contributed by atoms with Crippen LogP contribution in [0.2, 0.25) is 0 Å². The molecule has 1 amide bonds. The summed E-state index contributed by atoms with van der Waals surface area (Å²) in [5.41, 5.74) is 0. The summed E-state index contributed by atoms with van der Waals surface area (Å²) in [4.78, 5) is 13.0. The van der Waals surface area contributed by atoms with Crippen molar-refractivity contribution in [2.45, 2.75) is 287 Å². The summed E-state index contributed by atoms with van der Waals surface area (Å²) in [6.45, 7) is 3.40. The molecule has 1 heterocycles. The molecule has 9 atom stereocenters. The number of carbonyl (C=O) groups is 1. The zero-order valence-corrected chi connectivity index (χ0v) is 40.3. The van der Waals surface area contributed by atoms with Gasteiger partial charge >= 0.3 is 0 Å². The Morgan fingerprint density at radius 2 is 0.952 bits per heavy atom. The van der Waals surface area contributed by atoms with Gasteiger partial charge in [0, 0.05) is 0 Å². The summed E-state index contributed by atoms with van der Waals surface area (Å²) in [7, 11) is 0. The van der Waals surface area contributed by atoms with Crippen LogP contribution in [0.1, 0.15) is 232 Å². The molecule has 1 fully saturated rings. The van der Waals surface area contributed by atoms with Crippen molar-refractivity contribution in [3.63, 3.8) is 0 Å². The SMILES string of the molecule is CCCCCCCCCCCCCCCCCCCC/C=C/CC/C=C/CCCC(O)C(O)C(COC1OC(CO)C(O)C(O)C1O)NC(=O)C(O)CCCCCCCCCCC. The third-order valence-electron chi connectivity index (χ3n) is 12.7. The van der Waals surface area contributed by atoms with E-state index in [1.165, 1.54) is 148 Å². The summed E-state index contributed by atoms with van der Waals surface area (Å²) in [5.74, 6) is -0.712. The van der Waals surface area contributed by atoms with Crippen LogP contribution < -0.4 is 5.32 Å². The average Bonchev–Trinajstić information content (AvgIpc) is 3.28. The quantitative estimate of drug-likeness (QED) is 0.0216. The highest BCUT2D eigenvalue weighted by Gasteiger charge is 2.44. The molecule has 0 bridgehead atoms. The Labute approximate surface area is 384 Å². The third-order valence-corrected chi connectivity index (χ3v) is 12.7. The number of carbonyl (C=O) groups excluding carboxylic acids is 1. The number of aliphatic hydroxyl groups excluding tert-OH is 7. The minimum Gasteiger partial charge on any atom is -0.394 e. The largest absolute Gasteiger partial charge is 0.394 e. The van der Waals surface area contributed by atoms with E-state index < -0.39 is 74.2 Å². The molecule has 9 unspecified atom stereocenters. The first-order valence-corrected chi connectivity index (χ1v) is 26.2. The van der Waals surface area contributed by atoms with Gasteiger partial charge in [-0.2, -0.15) is 0 Å². The fourth-order valence-corrected chi connectivity index (χ4v) is 8.40. The van der Waals surface area contributed by atoms with Gasteiger partial charge in [-0.15, -0.1) is 0 Å². The summed E-state index contributed by atoms with van der Waals surface area (Å²) in [6, 6.07) is -1.19. The maximum atomic E-state index is 13.0. The highest BCUT2D eigenvalue weighted by molar-refractivity contribution is 5.80. The van der Waals surface area contributed by atoms with Gasteiger partial charge in [-0.1, -0.05) is 205 Å². The van der Waals surface area contributed by atoms with Crippen molar-refractivity contribution in [1.82, 2.24) is 5.32 Å². The van der Waals surface area contributed by atoms with Gasteiger partial charge in [-0.05, 0) is 51.4 Å². The van der Waals surface area contributed by atoms with E-state index >= 15 is 0 Å². The molecule has 0 saturated carbocycles. The minimum absolute atomic E-state index is 0.248. The average molecular weight is 898 g/mol. The fraction of sp³-hybridized carbons (Fsp3) is 0.904. The normalized spacial score (nSPS) is 21.3. The van der Waals surface area contributed by atoms with Crippen LogP contribution in [-0.4, -0.2) is 110 Å². The number of rotatable bonds is 44. The summed E-state index contributed by atoms with van der Waals surface area (Å²) < 4.78 is 11.1. The van der Waals surface area contributed by atoms with Gasteiger partial charge in [0.1, 0.15) is 36.6 Å². The lowest BCUT2D eigenvalue weighted by atomic mass is 9.98. The van der Waals surface area contributed by atoms with E-state index in [0.29, 0.717) is 19.3 Å². The van der Waals surface area contributed by atoms with E-state index in [4.69, 9.17) is 9.47 Å². The molecular weight excluding hydrogens is 799 g/mol. The lowest BCUT2D eigenvalue weighted by molar-refractivity contribution is -0.303. The molecule has 1 rings (SSSR count). The molecule has 1 aliphatic heterocycles. The number of hydrogen-bond donors (Lipinski definition) is 8. The molecular formula is C52H99NO10. The predicted molar refractivity (Wildman–Crippen MR) is 256 cm³/mol. The molecule has 0 aliphatic carbocycles. The number of unbranched alkanes of at least 4 members (excludes halogenated alkanes) is 28. The Kier molecular flexibility index (Phi) is 39.7. The molecule has 0 radical (unpaired) electrons. The molecule has 1 aliphatic rings. The second-order valence-electron chi connectivity index (χ2n) is 18.6. The summed E-state index contributed by atoms with van der Waals surface area (Å²) in [6.07, 6.45) is 37.0. The van der Waals surface area contributed by atoms with Crippen molar-refractivity contribution in [3.05, 3.63) is 24.3 Å². The fourth-order valence-electron chi connectivity index (χ4n) is 8.40. The molecule has 8 N–H and O–H groups in total. The minimum atomic E-state index is -1.67. The van der Waals surface area contributed by atoms with Crippen LogP contribution in [0.4, 0.5) is 0 Å². The van der Waals surface area contributed by atoms with Gasteiger partial charge in [-0.3, -0.25) is 4.79 Å². The molecule has 372 valence electrons. The monoisotopic (exact) mass is 898 g/mol. The van der Waals surface area contributed by atoms with Crippen LogP contribution in [0.15, 0.2) is 24.3 Å². The van der Waals surface area contributed by atoms with Crippen LogP contribution in [0, 0.1) is 0 Å². The number of allylic oxidation sites excluding steroid dienone is 4. The van der Waals surface area contributed by atoms with E-state index in [1.807, 2.05) is 0 Å². The van der Waals surface area contributed by atoms with Crippen molar-refractivity contribution < 1.29 is 50.0 Å². The highest BCUT2D eigenvalue weighted by atomic mass is 16.7. The van der Waals surface area contributed by atoms with Crippen molar-refractivity contribution >= 4 is 5.91 Å². The Bertz CT molecular complexity index is 1080. The van der Waals surface area contributed by atoms with E-state index in [1.54, 1.807) is 0 Å². The van der Waals surface area contributed by atoms with Crippen molar-refractivity contribution in [1.29, 1.82) is 0 Å². The lowest BCUT2D eigenvalue weighted by Gasteiger charge is -2.40. The standard InChI is InChI=1S/C52H99NO10/c1-3-5-7-9-11-13-14-15-16-17-18-19-20-21-22-23-24-25-26-27-28-29-30-32-33-35-37-39-44(55)47(57)43(42-62-52-50(60)49(59)48(58)46(41-54)63-52)53-51(61)45(56)40-38-36-34-31-12-10-8-6-4-2/h27-28,32-33,43-50,52,54-60H,3-26,29-31,34-42H2,1-2H3,(H,53,61)/b28-27+,33-32+. The van der Waals surface area contributed by atoms with Gasteiger partial charge in [0.2, 0.25) is 5.91 Å². The second-order valence-corrected chi connectivity index (χ2v) is 18.6. The van der Waals surface area contributed by atoms with Crippen LogP contribution in [-0.2, 0) is 14.3 Å². The number of aliphatic hydroxyl groups is 7. The summed E-state index contributed by atoms with van der Waals surface area (Å²) in [5, 5.41) is 75.6. The molecule has 0 aromatic carbocycles. The smallest absolute Gasteiger partial charge is 0.249 e. The number of ether oxygens (including phenoxy) is 2. The zero-order chi connectivity index (χ0) is 46.2. The first-order valence-electron chi connectivity index (χ1n) is 26.2. The predicted octanol–water partition coefficient (Wildman–Crippen LogP) is 9.79. The Morgan fingerprint density at radius 1 is 0.540 bits per heavy atom. The zero-order valence-electron chi connectivity index (χ0n) is 40.3. The van der Waals surface area contributed by atoms with Crippen molar-refractivity contribution in [2.75, 3.05) is 13.2 Å². The van der Waals surface area contributed by atoms with Gasteiger partial charge in [0.25, 0.3) is 0 Å². The van der Waals surface area contributed by atoms with E-state index in [-0.39, 0.29) is 12.8 Å². The molecule has 1 saturated heterocycles. The topological polar surface area (TPSA) is 189 Å². The van der Waals surface area contributed by atoms with Crippen LogP contribution in [0.25, 0.3) is 0 Å². The van der Waals surface area contributed by atoms with Gasteiger partial charge < -0.3 is 50.5 Å². The van der Waals surface area contributed by atoms with Crippen LogP contribution in [0.5, 0.6) is 0 Å². The lowest BCUT2D eigenvalue weighted by Crippen LogP contribution is -2.60. The molecule has 11 heteroatoms. The number of hydrogen-bond acceptors (Lipinski definition) is 10. The van der Waals surface area contributed by atoms with Gasteiger partial charge in [0.15, 0.2) is 6.29 Å². The van der Waals surface area contributed by atoms with E-state index in [9.17, 15) is 40.5 Å². The molecule has 11 nitrogen and oxygen atoms in total. The Morgan fingerprint density at radius 3 is 1.41 bits per heavy atom. The van der Waals surface area contributed by atoms with Gasteiger partial charge in [-0.25, -0.2) is 0 Å². The molecule has 0 aromatic rings. The van der Waals surface area contributed by atoms with Crippen LogP contribution in [0.3, 0.4) is 0 Å². The molecule has 0 spiro atoms. The van der Waals surface area contributed by atoms with E-state index in [0.717, 1.165) is 38.5 Å². The first kappa shape index (κ1) is 59.6. The first-order chi connectivity index (χ1) is 30.7. The van der Waals surface area contributed by atoms with Crippen LogP contribution >= 0.6 is 0 Å². The number of amides is 1. The highest BCUT2D eigenvalue weighted by Crippen LogP contribution is 2.23. The second kappa shape index (κ2) is 42.0. The maximum absolute atomic E-state index is 13.0. The molecule has 63 heavy (non-hydrogen) atoms.